The lowest BCUT2D eigenvalue weighted by Crippen LogP contribution is -2.20. The van der Waals surface area contributed by atoms with Crippen molar-refractivity contribution in [2.45, 2.75) is 13.3 Å². The minimum atomic E-state index is -0.260. The van der Waals surface area contributed by atoms with Gasteiger partial charge in [0.2, 0.25) is 5.91 Å². The Morgan fingerprint density at radius 2 is 2.05 bits per heavy atom. The molecular weight excluding hydrogens is 268 g/mol. The van der Waals surface area contributed by atoms with Crippen molar-refractivity contribution in [3.8, 4) is 0 Å². The van der Waals surface area contributed by atoms with Crippen LogP contribution >= 0.6 is 11.6 Å². The van der Waals surface area contributed by atoms with Gasteiger partial charge < -0.3 is 20.5 Å². The Balaban J connectivity index is 2.23. The molecule has 0 unspecified atom stereocenters. The fraction of sp³-hybridized carbons (Fsp3) is 0.462. The van der Waals surface area contributed by atoms with E-state index >= 15 is 0 Å². The zero-order chi connectivity index (χ0) is 14.1. The molecule has 19 heavy (non-hydrogen) atoms. The molecule has 1 rings (SSSR count). The number of hydrogen-bond donors (Lipinski definition) is 2. The van der Waals surface area contributed by atoms with Gasteiger partial charge in [0.15, 0.2) is 0 Å². The Morgan fingerprint density at radius 3 is 2.74 bits per heavy atom. The predicted octanol–water partition coefficient (Wildman–Crippen LogP) is 2.30. The molecule has 0 spiro atoms. The number of nitrogens with two attached hydrogens (primary N) is 1. The number of nitrogens with one attached hydrogen (secondary N) is 1. The van der Waals surface area contributed by atoms with E-state index in [-0.39, 0.29) is 12.5 Å². The molecule has 0 heterocycles. The van der Waals surface area contributed by atoms with Crippen LogP contribution in [0, 0.1) is 0 Å². The number of amides is 1. The minimum absolute atomic E-state index is 0.0302. The lowest BCUT2D eigenvalue weighted by molar-refractivity contribution is -0.121. The summed E-state index contributed by atoms with van der Waals surface area (Å²) < 4.78 is 10.4. The van der Waals surface area contributed by atoms with Gasteiger partial charge in [0, 0.05) is 11.6 Å². The van der Waals surface area contributed by atoms with Crippen LogP contribution in [-0.4, -0.2) is 32.3 Å². The molecule has 0 aliphatic carbocycles. The summed E-state index contributed by atoms with van der Waals surface area (Å²) in [5.41, 5.74) is 6.67. The van der Waals surface area contributed by atoms with Crippen molar-refractivity contribution >= 4 is 28.9 Å². The molecule has 0 saturated carbocycles. The molecule has 0 radical (unpaired) electrons. The van der Waals surface area contributed by atoms with E-state index in [1.54, 1.807) is 18.2 Å². The number of anilines is 2. The monoisotopic (exact) mass is 286 g/mol. The van der Waals surface area contributed by atoms with E-state index in [0.29, 0.717) is 36.2 Å². The Kier molecular flexibility index (Phi) is 7.25. The van der Waals surface area contributed by atoms with Crippen molar-refractivity contribution in [3.63, 3.8) is 0 Å². The van der Waals surface area contributed by atoms with Crippen molar-refractivity contribution in [3.05, 3.63) is 23.2 Å². The lowest BCUT2D eigenvalue weighted by atomic mass is 10.2. The van der Waals surface area contributed by atoms with Crippen LogP contribution < -0.4 is 11.1 Å². The van der Waals surface area contributed by atoms with Crippen LogP contribution in [0.1, 0.15) is 13.3 Å². The number of carbonyl (C=O) groups is 1. The first kappa shape index (κ1) is 15.8. The molecule has 0 aliphatic rings. The highest BCUT2D eigenvalue weighted by Gasteiger charge is 2.05. The molecule has 1 aromatic carbocycles. The van der Waals surface area contributed by atoms with Crippen LogP contribution in [-0.2, 0) is 14.3 Å². The first-order valence-corrected chi connectivity index (χ1v) is 6.51. The van der Waals surface area contributed by atoms with Gasteiger partial charge in [-0.2, -0.15) is 0 Å². The van der Waals surface area contributed by atoms with Crippen LogP contribution in [0.3, 0.4) is 0 Å². The molecule has 0 atom stereocenters. The fourth-order valence-corrected chi connectivity index (χ4v) is 1.54. The second-order valence-corrected chi connectivity index (χ2v) is 4.38. The molecule has 3 N–H and O–H groups in total. The zero-order valence-corrected chi connectivity index (χ0v) is 11.7. The van der Waals surface area contributed by atoms with Gasteiger partial charge in [-0.3, -0.25) is 4.79 Å². The van der Waals surface area contributed by atoms with Gasteiger partial charge in [0.1, 0.15) is 6.61 Å². The highest BCUT2D eigenvalue weighted by Crippen LogP contribution is 2.22. The number of hydrogen-bond acceptors (Lipinski definition) is 4. The number of halogens is 1. The van der Waals surface area contributed by atoms with Crippen LogP contribution in [0.5, 0.6) is 0 Å². The van der Waals surface area contributed by atoms with Gasteiger partial charge in [0.05, 0.1) is 24.6 Å². The lowest BCUT2D eigenvalue weighted by Gasteiger charge is -2.09. The summed E-state index contributed by atoms with van der Waals surface area (Å²) in [6.07, 6.45) is 0.969. The number of carbonyl (C=O) groups excluding carboxylic acids is 1. The maximum Gasteiger partial charge on any atom is 0.250 e. The molecule has 0 aromatic heterocycles. The van der Waals surface area contributed by atoms with E-state index in [9.17, 15) is 4.79 Å². The quantitative estimate of drug-likeness (QED) is 0.568. The standard InChI is InChI=1S/C13H19ClN2O3/c1-2-5-18-6-7-19-9-13(17)16-12-4-3-10(14)8-11(12)15/h3-4,8H,2,5-7,9,15H2,1H3,(H,16,17). The average Bonchev–Trinajstić information content (AvgIpc) is 2.37. The molecule has 0 saturated heterocycles. The highest BCUT2D eigenvalue weighted by molar-refractivity contribution is 6.31. The summed E-state index contributed by atoms with van der Waals surface area (Å²) in [6, 6.07) is 4.89. The van der Waals surface area contributed by atoms with E-state index in [0.717, 1.165) is 6.42 Å². The molecule has 1 aromatic rings. The average molecular weight is 287 g/mol. The second-order valence-electron chi connectivity index (χ2n) is 3.94. The second kappa shape index (κ2) is 8.74. The Hall–Kier alpha value is -1.30. The molecule has 6 heteroatoms. The first-order valence-electron chi connectivity index (χ1n) is 6.14. The van der Waals surface area contributed by atoms with Gasteiger partial charge in [0.25, 0.3) is 0 Å². The number of ether oxygens (including phenoxy) is 2. The largest absolute Gasteiger partial charge is 0.397 e. The molecule has 1 amide bonds. The van der Waals surface area contributed by atoms with Gasteiger partial charge in [-0.25, -0.2) is 0 Å². The van der Waals surface area contributed by atoms with E-state index in [1.165, 1.54) is 0 Å². The summed E-state index contributed by atoms with van der Waals surface area (Å²) in [7, 11) is 0. The molecule has 106 valence electrons. The number of benzene rings is 1. The van der Waals surface area contributed by atoms with Crippen molar-refractivity contribution in [2.75, 3.05) is 37.5 Å². The predicted molar refractivity (Wildman–Crippen MR) is 76.4 cm³/mol. The zero-order valence-electron chi connectivity index (χ0n) is 10.9. The number of rotatable bonds is 8. The molecular formula is C13H19ClN2O3. The topological polar surface area (TPSA) is 73.6 Å². The molecule has 0 aliphatic heterocycles. The van der Waals surface area contributed by atoms with E-state index in [1.807, 2.05) is 6.92 Å². The van der Waals surface area contributed by atoms with Gasteiger partial charge in [-0.05, 0) is 24.6 Å². The van der Waals surface area contributed by atoms with Gasteiger partial charge >= 0.3 is 0 Å². The highest BCUT2D eigenvalue weighted by atomic mass is 35.5. The summed E-state index contributed by atoms with van der Waals surface area (Å²) in [6.45, 7) is 3.59. The van der Waals surface area contributed by atoms with E-state index < -0.39 is 0 Å². The van der Waals surface area contributed by atoms with Crippen molar-refractivity contribution in [1.29, 1.82) is 0 Å². The minimum Gasteiger partial charge on any atom is -0.397 e. The maximum atomic E-state index is 11.6. The Morgan fingerprint density at radius 1 is 1.32 bits per heavy atom. The SMILES string of the molecule is CCCOCCOCC(=O)Nc1ccc(Cl)cc1N. The third-order valence-electron chi connectivity index (χ3n) is 2.24. The van der Waals surface area contributed by atoms with Gasteiger partial charge in [-0.15, -0.1) is 0 Å². The first-order chi connectivity index (χ1) is 9.13. The van der Waals surface area contributed by atoms with Gasteiger partial charge in [-0.1, -0.05) is 18.5 Å². The summed E-state index contributed by atoms with van der Waals surface area (Å²) in [5, 5.41) is 3.18. The van der Waals surface area contributed by atoms with E-state index in [4.69, 9.17) is 26.8 Å². The Labute approximate surface area is 118 Å². The summed E-state index contributed by atoms with van der Waals surface area (Å²) in [5.74, 6) is -0.260. The third kappa shape index (κ3) is 6.42. The molecule has 0 fully saturated rings. The summed E-state index contributed by atoms with van der Waals surface area (Å²) >= 11 is 5.77. The van der Waals surface area contributed by atoms with Crippen LogP contribution in [0.2, 0.25) is 5.02 Å². The van der Waals surface area contributed by atoms with Crippen molar-refractivity contribution in [1.82, 2.24) is 0 Å². The maximum absolute atomic E-state index is 11.6. The smallest absolute Gasteiger partial charge is 0.250 e. The van der Waals surface area contributed by atoms with Crippen LogP contribution in [0.4, 0.5) is 11.4 Å². The molecule has 5 nitrogen and oxygen atoms in total. The van der Waals surface area contributed by atoms with E-state index in [2.05, 4.69) is 5.32 Å². The van der Waals surface area contributed by atoms with Crippen LogP contribution in [0.25, 0.3) is 0 Å². The summed E-state index contributed by atoms with van der Waals surface area (Å²) in [4.78, 5) is 11.6. The fourth-order valence-electron chi connectivity index (χ4n) is 1.36. The number of nitrogen functional groups attached to an aromatic ring is 1. The van der Waals surface area contributed by atoms with Crippen molar-refractivity contribution < 1.29 is 14.3 Å². The van der Waals surface area contributed by atoms with Crippen LogP contribution in [0.15, 0.2) is 18.2 Å². The third-order valence-corrected chi connectivity index (χ3v) is 2.48. The van der Waals surface area contributed by atoms with Crippen molar-refractivity contribution in [2.24, 2.45) is 0 Å². The Bertz CT molecular complexity index is 413. The molecule has 0 bridgehead atoms. The normalized spacial score (nSPS) is 10.4.